The molecule has 6 nitrogen and oxygen atoms in total. The van der Waals surface area contributed by atoms with Crippen molar-refractivity contribution < 1.29 is 19.0 Å². The van der Waals surface area contributed by atoms with Gasteiger partial charge >= 0.3 is 0 Å². The van der Waals surface area contributed by atoms with Gasteiger partial charge in [-0.2, -0.15) is 0 Å². The molecule has 1 amide bonds. The Morgan fingerprint density at radius 1 is 1.45 bits per heavy atom. The molecule has 1 aliphatic rings. The molecule has 0 aromatic heterocycles. The normalized spacial score (nSPS) is 15.3. The van der Waals surface area contributed by atoms with Crippen molar-refractivity contribution in [2.45, 2.75) is 16.6 Å². The van der Waals surface area contributed by atoms with Gasteiger partial charge in [0.2, 0.25) is 5.91 Å². The van der Waals surface area contributed by atoms with Gasteiger partial charge in [0, 0.05) is 18.4 Å². The number of carbonyl (C=O) groups excluding carboxylic acids is 1. The second-order valence-corrected chi connectivity index (χ2v) is 5.51. The van der Waals surface area contributed by atoms with E-state index in [-0.39, 0.29) is 12.5 Å². The van der Waals surface area contributed by atoms with E-state index < -0.39 is 5.25 Å². The van der Waals surface area contributed by atoms with E-state index in [4.69, 9.17) is 20.1 Å². The molecule has 1 aliphatic heterocycles. The second-order valence-electron chi connectivity index (χ2n) is 4.23. The molecule has 0 bridgehead atoms. The molecular formula is C13H18N2O4S. The Labute approximate surface area is 121 Å². The molecular weight excluding hydrogens is 280 g/mol. The first-order chi connectivity index (χ1) is 9.74. The van der Waals surface area contributed by atoms with E-state index in [1.807, 2.05) is 18.2 Å². The third kappa shape index (κ3) is 3.78. The molecule has 1 aromatic carbocycles. The highest BCUT2D eigenvalue weighted by Gasteiger charge is 2.20. The quantitative estimate of drug-likeness (QED) is 0.364. The standard InChI is InChI=1S/C13H18N2O4S/c1-17-8-12(13(16)15-14)20-9-3-4-10-11(7-9)19-6-2-5-18-10/h3-4,7,12H,2,5-6,8,14H2,1H3,(H,15,16). The molecule has 110 valence electrons. The van der Waals surface area contributed by atoms with Crippen LogP contribution in [-0.4, -0.2) is 38.1 Å². The molecule has 0 saturated heterocycles. The summed E-state index contributed by atoms with van der Waals surface area (Å²) >= 11 is 1.37. The van der Waals surface area contributed by atoms with Gasteiger partial charge in [0.25, 0.3) is 0 Å². The van der Waals surface area contributed by atoms with Gasteiger partial charge in [0.1, 0.15) is 5.25 Å². The van der Waals surface area contributed by atoms with Crippen molar-refractivity contribution >= 4 is 17.7 Å². The molecule has 1 atom stereocenters. The fraction of sp³-hybridized carbons (Fsp3) is 0.462. The number of nitrogens with one attached hydrogen (secondary N) is 1. The van der Waals surface area contributed by atoms with Crippen LogP contribution in [0, 0.1) is 0 Å². The van der Waals surface area contributed by atoms with Crippen LogP contribution in [0.4, 0.5) is 0 Å². The van der Waals surface area contributed by atoms with E-state index in [9.17, 15) is 4.79 Å². The summed E-state index contributed by atoms with van der Waals surface area (Å²) in [6, 6.07) is 5.62. The smallest absolute Gasteiger partial charge is 0.249 e. The van der Waals surface area contributed by atoms with Crippen LogP contribution in [0.3, 0.4) is 0 Å². The molecule has 0 fully saturated rings. The number of benzene rings is 1. The maximum Gasteiger partial charge on any atom is 0.249 e. The van der Waals surface area contributed by atoms with Gasteiger partial charge in [-0.15, -0.1) is 11.8 Å². The number of carbonyl (C=O) groups is 1. The Hall–Kier alpha value is -1.44. The molecule has 7 heteroatoms. The van der Waals surface area contributed by atoms with Crippen LogP contribution in [0.15, 0.2) is 23.1 Å². The number of rotatable bonds is 5. The SMILES string of the molecule is COCC(Sc1ccc2c(c1)OCCCO2)C(=O)NN. The Bertz CT molecular complexity index is 470. The van der Waals surface area contributed by atoms with Crippen molar-refractivity contribution in [2.24, 2.45) is 5.84 Å². The maximum atomic E-state index is 11.7. The average molecular weight is 298 g/mol. The lowest BCUT2D eigenvalue weighted by molar-refractivity contribution is -0.121. The Balaban J connectivity index is 2.12. The van der Waals surface area contributed by atoms with Crippen molar-refractivity contribution in [3.63, 3.8) is 0 Å². The summed E-state index contributed by atoms with van der Waals surface area (Å²) < 4.78 is 16.2. The molecule has 0 aliphatic carbocycles. The Kier molecular flexibility index (Phi) is 5.51. The van der Waals surface area contributed by atoms with Crippen LogP contribution >= 0.6 is 11.8 Å². The topological polar surface area (TPSA) is 82.8 Å². The third-order valence-electron chi connectivity index (χ3n) is 2.75. The van der Waals surface area contributed by atoms with Crippen LogP contribution < -0.4 is 20.7 Å². The molecule has 1 heterocycles. The molecule has 0 saturated carbocycles. The molecule has 3 N–H and O–H groups in total. The van der Waals surface area contributed by atoms with Gasteiger partial charge in [-0.25, -0.2) is 5.84 Å². The number of hydrogen-bond acceptors (Lipinski definition) is 6. The van der Waals surface area contributed by atoms with Crippen LogP contribution in [0.25, 0.3) is 0 Å². The van der Waals surface area contributed by atoms with Crippen molar-refractivity contribution in [2.75, 3.05) is 26.9 Å². The Morgan fingerprint density at radius 2 is 2.20 bits per heavy atom. The van der Waals surface area contributed by atoms with Crippen molar-refractivity contribution in [3.8, 4) is 11.5 Å². The monoisotopic (exact) mass is 298 g/mol. The minimum atomic E-state index is -0.408. The lowest BCUT2D eigenvalue weighted by Crippen LogP contribution is -2.39. The van der Waals surface area contributed by atoms with Gasteiger partial charge in [0.15, 0.2) is 11.5 Å². The van der Waals surface area contributed by atoms with Gasteiger partial charge in [-0.3, -0.25) is 10.2 Å². The van der Waals surface area contributed by atoms with Crippen LogP contribution in [0.5, 0.6) is 11.5 Å². The van der Waals surface area contributed by atoms with Gasteiger partial charge in [0.05, 0.1) is 19.8 Å². The molecule has 1 aromatic rings. The average Bonchev–Trinajstić information content (AvgIpc) is 2.70. The highest BCUT2D eigenvalue weighted by atomic mass is 32.2. The maximum absolute atomic E-state index is 11.7. The highest BCUT2D eigenvalue weighted by Crippen LogP contribution is 2.35. The summed E-state index contributed by atoms with van der Waals surface area (Å²) in [5.74, 6) is 6.34. The van der Waals surface area contributed by atoms with Crippen molar-refractivity contribution in [1.82, 2.24) is 5.43 Å². The first kappa shape index (κ1) is 15.0. The summed E-state index contributed by atoms with van der Waals surface area (Å²) in [5.41, 5.74) is 2.15. The van der Waals surface area contributed by atoms with Crippen molar-refractivity contribution in [1.29, 1.82) is 0 Å². The summed E-state index contributed by atoms with van der Waals surface area (Å²) in [6.45, 7) is 1.56. The summed E-state index contributed by atoms with van der Waals surface area (Å²) in [6.07, 6.45) is 0.860. The number of ether oxygens (including phenoxy) is 3. The summed E-state index contributed by atoms with van der Waals surface area (Å²) in [7, 11) is 1.55. The first-order valence-electron chi connectivity index (χ1n) is 6.30. The van der Waals surface area contributed by atoms with Crippen LogP contribution in [0.1, 0.15) is 6.42 Å². The zero-order chi connectivity index (χ0) is 14.4. The minimum Gasteiger partial charge on any atom is -0.490 e. The Morgan fingerprint density at radius 3 is 2.90 bits per heavy atom. The number of nitrogens with two attached hydrogens (primary N) is 1. The molecule has 0 spiro atoms. The summed E-state index contributed by atoms with van der Waals surface area (Å²) in [4.78, 5) is 12.6. The van der Waals surface area contributed by atoms with Gasteiger partial charge in [-0.05, 0) is 18.2 Å². The molecule has 0 radical (unpaired) electrons. The number of hydrogen-bond donors (Lipinski definition) is 2. The highest BCUT2D eigenvalue weighted by molar-refractivity contribution is 8.00. The largest absolute Gasteiger partial charge is 0.490 e. The predicted molar refractivity (Wildman–Crippen MR) is 75.9 cm³/mol. The summed E-state index contributed by atoms with van der Waals surface area (Å²) in [5, 5.41) is -0.408. The van der Waals surface area contributed by atoms with E-state index in [0.29, 0.717) is 19.0 Å². The lowest BCUT2D eigenvalue weighted by Gasteiger charge is -2.15. The number of amides is 1. The number of hydrazine groups is 1. The number of thioether (sulfide) groups is 1. The fourth-order valence-electron chi connectivity index (χ4n) is 1.79. The van der Waals surface area contributed by atoms with Crippen LogP contribution in [0.2, 0.25) is 0 Å². The minimum absolute atomic E-state index is 0.274. The number of fused-ring (bicyclic) bond motifs is 1. The van der Waals surface area contributed by atoms with E-state index in [0.717, 1.165) is 17.1 Å². The third-order valence-corrected chi connectivity index (χ3v) is 3.91. The van der Waals surface area contributed by atoms with E-state index in [2.05, 4.69) is 5.43 Å². The fourth-order valence-corrected chi connectivity index (χ4v) is 2.82. The molecule has 2 rings (SSSR count). The lowest BCUT2D eigenvalue weighted by atomic mass is 10.3. The van der Waals surface area contributed by atoms with Gasteiger partial charge < -0.3 is 14.2 Å². The number of methoxy groups -OCH3 is 1. The van der Waals surface area contributed by atoms with E-state index >= 15 is 0 Å². The zero-order valence-electron chi connectivity index (χ0n) is 11.3. The first-order valence-corrected chi connectivity index (χ1v) is 7.18. The molecule has 20 heavy (non-hydrogen) atoms. The van der Waals surface area contributed by atoms with E-state index in [1.165, 1.54) is 11.8 Å². The van der Waals surface area contributed by atoms with Crippen molar-refractivity contribution in [3.05, 3.63) is 18.2 Å². The zero-order valence-corrected chi connectivity index (χ0v) is 12.1. The molecule has 1 unspecified atom stereocenters. The van der Waals surface area contributed by atoms with E-state index in [1.54, 1.807) is 7.11 Å². The second kappa shape index (κ2) is 7.37. The van der Waals surface area contributed by atoms with Gasteiger partial charge in [-0.1, -0.05) is 0 Å². The predicted octanol–water partition coefficient (Wildman–Crippen LogP) is 0.945. The van der Waals surface area contributed by atoms with Crippen LogP contribution in [-0.2, 0) is 9.53 Å².